The monoisotopic (exact) mass is 471 g/mol. The molecule has 1 saturated heterocycles. The molecule has 0 bridgehead atoms. The van der Waals surface area contributed by atoms with E-state index in [1.807, 2.05) is 6.07 Å². The zero-order valence-electron chi connectivity index (χ0n) is 18.4. The highest BCUT2D eigenvalue weighted by Gasteiger charge is 2.34. The van der Waals surface area contributed by atoms with Crippen LogP contribution in [0.3, 0.4) is 0 Å². The van der Waals surface area contributed by atoms with Crippen LogP contribution in [0.2, 0.25) is 0 Å². The highest BCUT2D eigenvalue weighted by molar-refractivity contribution is 7.89. The minimum Gasteiger partial charge on any atom is -0.462 e. The van der Waals surface area contributed by atoms with Crippen molar-refractivity contribution in [1.82, 2.24) is 15.0 Å². The normalized spacial score (nSPS) is 16.0. The van der Waals surface area contributed by atoms with Crippen LogP contribution >= 0.6 is 0 Å². The minimum absolute atomic E-state index is 0.0931. The van der Waals surface area contributed by atoms with E-state index < -0.39 is 27.9 Å². The summed E-state index contributed by atoms with van der Waals surface area (Å²) in [5, 5.41) is 12.7. The van der Waals surface area contributed by atoms with Crippen molar-refractivity contribution in [2.75, 3.05) is 31.1 Å². The van der Waals surface area contributed by atoms with Crippen LogP contribution in [0, 0.1) is 18.3 Å². The second-order valence-corrected chi connectivity index (χ2v) is 9.17. The Morgan fingerprint density at radius 1 is 1.33 bits per heavy atom. The number of benzene rings is 1. The van der Waals surface area contributed by atoms with Crippen molar-refractivity contribution in [2.45, 2.75) is 25.6 Å². The highest BCUT2D eigenvalue weighted by atomic mass is 32.2. The summed E-state index contributed by atoms with van der Waals surface area (Å²) in [5.74, 6) is -1.44. The molecule has 2 heterocycles. The number of nitrogens with one attached hydrogen (secondary N) is 2. The van der Waals surface area contributed by atoms with E-state index in [9.17, 15) is 23.3 Å². The maximum Gasteiger partial charge on any atom is 0.340 e. The quantitative estimate of drug-likeness (QED) is 0.562. The van der Waals surface area contributed by atoms with Crippen molar-refractivity contribution in [1.29, 1.82) is 5.26 Å². The first-order valence-electron chi connectivity index (χ1n) is 10.4. The van der Waals surface area contributed by atoms with Gasteiger partial charge in [0.15, 0.2) is 0 Å². The van der Waals surface area contributed by atoms with Gasteiger partial charge in [-0.25, -0.2) is 18.2 Å². The maximum atomic E-state index is 13.0. The number of aryl methyl sites for hydroxylation is 1. The number of piperazine rings is 1. The number of carbonyl (C=O) groups is 2. The number of nitrogens with zero attached hydrogens (tertiary/aromatic N) is 3. The zero-order valence-corrected chi connectivity index (χ0v) is 19.2. The number of rotatable bonds is 7. The van der Waals surface area contributed by atoms with Crippen molar-refractivity contribution >= 4 is 27.7 Å². The number of anilines is 1. The molecule has 1 atom stereocenters. The van der Waals surface area contributed by atoms with Gasteiger partial charge in [0, 0.05) is 19.6 Å². The molecule has 3 rings (SSSR count). The van der Waals surface area contributed by atoms with Crippen LogP contribution in [0.25, 0.3) is 0 Å². The van der Waals surface area contributed by atoms with E-state index in [-0.39, 0.29) is 35.8 Å². The van der Waals surface area contributed by atoms with Gasteiger partial charge in [-0.2, -0.15) is 5.26 Å². The molecule has 0 saturated carbocycles. The van der Waals surface area contributed by atoms with Crippen molar-refractivity contribution in [3.63, 3.8) is 0 Å². The van der Waals surface area contributed by atoms with Gasteiger partial charge >= 0.3 is 5.97 Å². The third kappa shape index (κ3) is 5.85. The third-order valence-electron chi connectivity index (χ3n) is 5.08. The van der Waals surface area contributed by atoms with Gasteiger partial charge < -0.3 is 15.0 Å². The SMILES string of the molecule is CCOC(=O)c1cc(C#N)c(N2CCNCC2C(=O)NS(=O)(=O)Cc2ccccc2)nc1C. The smallest absolute Gasteiger partial charge is 0.340 e. The molecule has 11 heteroatoms. The second kappa shape index (κ2) is 10.4. The fourth-order valence-corrected chi connectivity index (χ4v) is 4.70. The summed E-state index contributed by atoms with van der Waals surface area (Å²) >= 11 is 0. The summed E-state index contributed by atoms with van der Waals surface area (Å²) < 4.78 is 32.3. The lowest BCUT2D eigenvalue weighted by Gasteiger charge is -2.36. The van der Waals surface area contributed by atoms with E-state index in [1.54, 1.807) is 49.1 Å². The molecule has 1 aliphatic rings. The van der Waals surface area contributed by atoms with Crippen LogP contribution in [0.15, 0.2) is 36.4 Å². The lowest BCUT2D eigenvalue weighted by Crippen LogP contribution is -2.59. The molecule has 2 aromatic rings. The largest absolute Gasteiger partial charge is 0.462 e. The summed E-state index contributed by atoms with van der Waals surface area (Å²) in [6.45, 7) is 4.45. The Bertz CT molecular complexity index is 1180. The number of sulfonamides is 1. The van der Waals surface area contributed by atoms with Gasteiger partial charge in [0.1, 0.15) is 17.9 Å². The van der Waals surface area contributed by atoms with E-state index >= 15 is 0 Å². The third-order valence-corrected chi connectivity index (χ3v) is 6.31. The lowest BCUT2D eigenvalue weighted by atomic mass is 10.1. The zero-order chi connectivity index (χ0) is 24.0. The van der Waals surface area contributed by atoms with Gasteiger partial charge in [0.05, 0.1) is 29.2 Å². The number of amides is 1. The summed E-state index contributed by atoms with van der Waals surface area (Å²) in [5.41, 5.74) is 1.15. The number of carbonyl (C=O) groups excluding carboxylic acids is 2. The molecule has 1 amide bonds. The van der Waals surface area contributed by atoms with Crippen LogP contribution in [0.5, 0.6) is 0 Å². The topological polar surface area (TPSA) is 141 Å². The average molecular weight is 472 g/mol. The van der Waals surface area contributed by atoms with Crippen LogP contribution in [-0.4, -0.2) is 57.6 Å². The van der Waals surface area contributed by atoms with Crippen molar-refractivity contribution in [2.24, 2.45) is 0 Å². The molecule has 174 valence electrons. The van der Waals surface area contributed by atoms with Gasteiger partial charge in [-0.1, -0.05) is 30.3 Å². The number of aromatic nitrogens is 1. The predicted molar refractivity (Wildman–Crippen MR) is 121 cm³/mol. The molecule has 1 fully saturated rings. The second-order valence-electron chi connectivity index (χ2n) is 7.45. The molecule has 0 radical (unpaired) electrons. The van der Waals surface area contributed by atoms with Gasteiger partial charge in [0.25, 0.3) is 5.91 Å². The van der Waals surface area contributed by atoms with Gasteiger partial charge in [-0.05, 0) is 25.5 Å². The first kappa shape index (κ1) is 24.2. The standard InChI is InChI=1S/C22H25N5O5S/c1-3-32-22(29)18-11-17(12-23)20(25-15(18)2)27-10-9-24-13-19(27)21(28)26-33(30,31)14-16-7-5-4-6-8-16/h4-8,11,19,24H,3,9-10,13-14H2,1-2H3,(H,26,28). The summed E-state index contributed by atoms with van der Waals surface area (Å²) in [6.07, 6.45) is 0. The average Bonchev–Trinajstić information content (AvgIpc) is 2.79. The van der Waals surface area contributed by atoms with Crippen molar-refractivity contribution in [3.05, 3.63) is 58.8 Å². The maximum absolute atomic E-state index is 13.0. The van der Waals surface area contributed by atoms with Crippen LogP contribution in [0.4, 0.5) is 5.82 Å². The molecular formula is C22H25N5O5S. The van der Waals surface area contributed by atoms with Crippen LogP contribution in [0.1, 0.15) is 34.1 Å². The van der Waals surface area contributed by atoms with Crippen molar-refractivity contribution < 1.29 is 22.7 Å². The van der Waals surface area contributed by atoms with E-state index in [2.05, 4.69) is 15.0 Å². The Balaban J connectivity index is 1.87. The first-order chi connectivity index (χ1) is 15.8. The molecule has 2 N–H and O–H groups in total. The van der Waals surface area contributed by atoms with Gasteiger partial charge in [-0.15, -0.1) is 0 Å². The Hall–Kier alpha value is -3.49. The van der Waals surface area contributed by atoms with E-state index in [0.717, 1.165) is 0 Å². The van der Waals surface area contributed by atoms with E-state index in [0.29, 0.717) is 24.3 Å². The number of ether oxygens (including phenoxy) is 1. The molecule has 1 aromatic carbocycles. The highest BCUT2D eigenvalue weighted by Crippen LogP contribution is 2.24. The Kier molecular flexibility index (Phi) is 7.63. The molecule has 1 unspecified atom stereocenters. The number of pyridine rings is 1. The Morgan fingerprint density at radius 3 is 2.73 bits per heavy atom. The van der Waals surface area contributed by atoms with Gasteiger partial charge in [0.2, 0.25) is 10.0 Å². The van der Waals surface area contributed by atoms with Crippen LogP contribution < -0.4 is 14.9 Å². The number of esters is 1. The minimum atomic E-state index is -3.94. The molecule has 33 heavy (non-hydrogen) atoms. The summed E-state index contributed by atoms with van der Waals surface area (Å²) in [6, 6.07) is 11.0. The molecule has 1 aliphatic heterocycles. The van der Waals surface area contributed by atoms with Gasteiger partial charge in [-0.3, -0.25) is 9.52 Å². The molecule has 1 aromatic heterocycles. The number of hydrogen-bond acceptors (Lipinski definition) is 9. The molecular weight excluding hydrogens is 446 g/mol. The molecule has 10 nitrogen and oxygen atoms in total. The molecule has 0 aliphatic carbocycles. The fourth-order valence-electron chi connectivity index (χ4n) is 3.55. The lowest BCUT2D eigenvalue weighted by molar-refractivity contribution is -0.120. The Morgan fingerprint density at radius 2 is 2.06 bits per heavy atom. The number of nitriles is 1. The van der Waals surface area contributed by atoms with Crippen molar-refractivity contribution in [3.8, 4) is 6.07 Å². The van der Waals surface area contributed by atoms with E-state index in [4.69, 9.17) is 4.74 Å². The summed E-state index contributed by atoms with van der Waals surface area (Å²) in [4.78, 5) is 31.2. The fraction of sp³-hybridized carbons (Fsp3) is 0.364. The van der Waals surface area contributed by atoms with Crippen LogP contribution in [-0.2, 0) is 25.3 Å². The number of hydrogen-bond donors (Lipinski definition) is 2. The predicted octanol–water partition coefficient (Wildman–Crippen LogP) is 0.863. The van der Waals surface area contributed by atoms with E-state index in [1.165, 1.54) is 6.07 Å². The Labute approximate surface area is 192 Å². The first-order valence-corrected chi connectivity index (χ1v) is 12.1. The molecule has 0 spiro atoms. The summed E-state index contributed by atoms with van der Waals surface area (Å²) in [7, 11) is -3.94.